The second kappa shape index (κ2) is 6.25. The van der Waals surface area contributed by atoms with Gasteiger partial charge in [-0.3, -0.25) is 4.79 Å². The van der Waals surface area contributed by atoms with Crippen LogP contribution in [0.4, 0.5) is 5.13 Å². The van der Waals surface area contributed by atoms with Crippen molar-refractivity contribution in [2.24, 2.45) is 5.10 Å². The molecule has 112 valence electrons. The number of methoxy groups -OCH3 is 1. The molecule has 0 fully saturated rings. The minimum absolute atomic E-state index is 0.182. The molecule has 0 saturated heterocycles. The zero-order valence-electron chi connectivity index (χ0n) is 12.0. The van der Waals surface area contributed by atoms with Crippen LogP contribution >= 0.6 is 22.7 Å². The molecule has 22 heavy (non-hydrogen) atoms. The number of carbonyl (C=O) groups is 1. The third kappa shape index (κ3) is 3.00. The van der Waals surface area contributed by atoms with Gasteiger partial charge in [-0.05, 0) is 29.6 Å². The van der Waals surface area contributed by atoms with Crippen molar-refractivity contribution in [1.82, 2.24) is 4.98 Å². The number of hydrogen-bond acceptors (Lipinski definition) is 6. The Bertz CT molecular complexity index is 825. The van der Waals surface area contributed by atoms with E-state index in [9.17, 15) is 4.79 Å². The Hall–Kier alpha value is -2.25. The molecule has 0 atom stereocenters. The van der Waals surface area contributed by atoms with Gasteiger partial charge in [0, 0.05) is 11.8 Å². The summed E-state index contributed by atoms with van der Waals surface area (Å²) in [7, 11) is 1.62. The average Bonchev–Trinajstić information content (AvgIpc) is 3.15. The second-order valence-electron chi connectivity index (χ2n) is 4.42. The number of thiophene rings is 1. The molecule has 0 radical (unpaired) electrons. The van der Waals surface area contributed by atoms with Crippen LogP contribution < -0.4 is 9.75 Å². The van der Waals surface area contributed by atoms with Gasteiger partial charge in [0.1, 0.15) is 5.75 Å². The van der Waals surface area contributed by atoms with E-state index < -0.39 is 0 Å². The third-order valence-corrected chi connectivity index (χ3v) is 4.71. The van der Waals surface area contributed by atoms with Crippen LogP contribution in [-0.2, 0) is 4.79 Å². The monoisotopic (exact) mass is 331 g/mol. The summed E-state index contributed by atoms with van der Waals surface area (Å²) in [4.78, 5) is 17.3. The number of carbonyl (C=O) groups excluding carboxylic acids is 1. The lowest BCUT2D eigenvalue weighted by Gasteiger charge is -2.09. The molecule has 1 aromatic carbocycles. The Morgan fingerprint density at radius 3 is 2.95 bits per heavy atom. The Morgan fingerprint density at radius 2 is 2.27 bits per heavy atom. The molecule has 0 aliphatic carbocycles. The molecule has 0 saturated carbocycles. The third-order valence-electron chi connectivity index (χ3n) is 2.91. The molecule has 0 aliphatic heterocycles. The van der Waals surface area contributed by atoms with Gasteiger partial charge < -0.3 is 4.74 Å². The van der Waals surface area contributed by atoms with Crippen LogP contribution in [0.25, 0.3) is 10.2 Å². The van der Waals surface area contributed by atoms with Crippen molar-refractivity contribution in [3.8, 4) is 5.75 Å². The van der Waals surface area contributed by atoms with Crippen molar-refractivity contribution in [3.63, 3.8) is 0 Å². The number of amides is 1. The molecule has 2 heterocycles. The lowest BCUT2D eigenvalue weighted by atomic mass is 10.3. The Labute approximate surface area is 135 Å². The molecule has 1 amide bonds. The Morgan fingerprint density at radius 1 is 1.41 bits per heavy atom. The van der Waals surface area contributed by atoms with Crippen molar-refractivity contribution in [2.75, 3.05) is 12.1 Å². The predicted octanol–water partition coefficient (Wildman–Crippen LogP) is 3.75. The lowest BCUT2D eigenvalue weighted by molar-refractivity contribution is -0.116. The summed E-state index contributed by atoms with van der Waals surface area (Å²) in [6.07, 6.45) is 1.67. The van der Waals surface area contributed by atoms with Crippen molar-refractivity contribution >= 4 is 50.1 Å². The smallest absolute Gasteiger partial charge is 0.246 e. The van der Waals surface area contributed by atoms with E-state index in [1.165, 1.54) is 23.3 Å². The first kappa shape index (κ1) is 14.7. The number of hydrazone groups is 1. The Kier molecular flexibility index (Phi) is 4.17. The summed E-state index contributed by atoms with van der Waals surface area (Å²) in [6.45, 7) is 1.47. The van der Waals surface area contributed by atoms with Gasteiger partial charge in [0.25, 0.3) is 0 Å². The second-order valence-corrected chi connectivity index (χ2v) is 6.41. The highest BCUT2D eigenvalue weighted by molar-refractivity contribution is 7.22. The van der Waals surface area contributed by atoms with Crippen molar-refractivity contribution < 1.29 is 9.53 Å². The number of thiazole rings is 1. The van der Waals surface area contributed by atoms with E-state index in [1.54, 1.807) is 24.7 Å². The van der Waals surface area contributed by atoms with Gasteiger partial charge in [-0.15, -0.1) is 11.3 Å². The molecule has 2 aromatic heterocycles. The first-order chi connectivity index (χ1) is 10.7. The maximum Gasteiger partial charge on any atom is 0.246 e. The summed E-state index contributed by atoms with van der Waals surface area (Å²) in [6, 6.07) is 9.50. The van der Waals surface area contributed by atoms with E-state index in [-0.39, 0.29) is 5.91 Å². The Balaban J connectivity index is 1.96. The number of hydrogen-bond donors (Lipinski definition) is 0. The summed E-state index contributed by atoms with van der Waals surface area (Å²) in [5.74, 6) is 0.581. The summed E-state index contributed by atoms with van der Waals surface area (Å²) < 4.78 is 6.16. The molecule has 7 heteroatoms. The fourth-order valence-electron chi connectivity index (χ4n) is 1.86. The number of anilines is 1. The SMILES string of the molecule is COc1ccc2nc(N(/N=C\c3cccs3)C(C)=O)sc2c1. The van der Waals surface area contributed by atoms with Gasteiger partial charge in [0.15, 0.2) is 0 Å². The van der Waals surface area contributed by atoms with E-state index in [2.05, 4.69) is 10.1 Å². The van der Waals surface area contributed by atoms with Crippen LogP contribution in [-0.4, -0.2) is 24.2 Å². The number of rotatable bonds is 4. The van der Waals surface area contributed by atoms with Crippen LogP contribution in [0.1, 0.15) is 11.8 Å². The molecule has 0 aliphatic rings. The zero-order valence-corrected chi connectivity index (χ0v) is 13.6. The van der Waals surface area contributed by atoms with Crippen molar-refractivity contribution in [3.05, 3.63) is 40.6 Å². The number of fused-ring (bicyclic) bond motifs is 1. The molecule has 0 spiro atoms. The van der Waals surface area contributed by atoms with Crippen LogP contribution in [0.2, 0.25) is 0 Å². The van der Waals surface area contributed by atoms with Gasteiger partial charge in [-0.1, -0.05) is 17.4 Å². The predicted molar refractivity (Wildman–Crippen MR) is 91.2 cm³/mol. The molecule has 5 nitrogen and oxygen atoms in total. The number of nitrogens with zero attached hydrogens (tertiary/aromatic N) is 3. The zero-order chi connectivity index (χ0) is 15.5. The summed E-state index contributed by atoms with van der Waals surface area (Å²) in [5, 5.41) is 8.08. The molecule has 0 unspecified atom stereocenters. The van der Waals surface area contributed by atoms with E-state index in [0.29, 0.717) is 5.13 Å². The average molecular weight is 331 g/mol. The molecule has 0 N–H and O–H groups in total. The van der Waals surface area contributed by atoms with Crippen molar-refractivity contribution in [2.45, 2.75) is 6.92 Å². The lowest BCUT2D eigenvalue weighted by Crippen LogP contribution is -2.22. The van der Waals surface area contributed by atoms with Gasteiger partial charge in [-0.2, -0.15) is 10.1 Å². The number of aromatic nitrogens is 1. The van der Waals surface area contributed by atoms with Gasteiger partial charge in [0.05, 0.1) is 23.5 Å². The maximum absolute atomic E-state index is 11.9. The van der Waals surface area contributed by atoms with Crippen LogP contribution in [0.5, 0.6) is 5.75 Å². The normalized spacial score (nSPS) is 11.2. The molecule has 3 rings (SSSR count). The minimum Gasteiger partial charge on any atom is -0.497 e. The van der Waals surface area contributed by atoms with Crippen LogP contribution in [0.3, 0.4) is 0 Å². The highest BCUT2D eigenvalue weighted by Crippen LogP contribution is 2.31. The first-order valence-corrected chi connectivity index (χ1v) is 8.20. The molecular weight excluding hydrogens is 318 g/mol. The van der Waals surface area contributed by atoms with Crippen molar-refractivity contribution in [1.29, 1.82) is 0 Å². The summed E-state index contributed by atoms with van der Waals surface area (Å²) >= 11 is 2.97. The standard InChI is InChI=1S/C15H13N3O2S2/c1-10(19)18(16-9-12-4-3-7-21-12)15-17-13-6-5-11(20-2)8-14(13)22-15/h3-9H,1-2H3/b16-9-. The van der Waals surface area contributed by atoms with Crippen LogP contribution in [0.15, 0.2) is 40.8 Å². The van der Waals surface area contributed by atoms with E-state index >= 15 is 0 Å². The summed E-state index contributed by atoms with van der Waals surface area (Å²) in [5.41, 5.74) is 0.818. The van der Waals surface area contributed by atoms with E-state index in [4.69, 9.17) is 4.74 Å². The van der Waals surface area contributed by atoms with E-state index in [1.807, 2.05) is 35.7 Å². The quantitative estimate of drug-likeness (QED) is 0.540. The highest BCUT2D eigenvalue weighted by atomic mass is 32.1. The topological polar surface area (TPSA) is 54.8 Å². The maximum atomic E-state index is 11.9. The molecular formula is C15H13N3O2S2. The first-order valence-electron chi connectivity index (χ1n) is 6.50. The van der Waals surface area contributed by atoms with Gasteiger partial charge >= 0.3 is 0 Å². The fourth-order valence-corrected chi connectivity index (χ4v) is 3.43. The van der Waals surface area contributed by atoms with Crippen LogP contribution in [0, 0.1) is 0 Å². The van der Waals surface area contributed by atoms with Gasteiger partial charge in [0.2, 0.25) is 11.0 Å². The number of ether oxygens (including phenoxy) is 1. The number of benzene rings is 1. The molecule has 0 bridgehead atoms. The van der Waals surface area contributed by atoms with Gasteiger partial charge in [-0.25, -0.2) is 4.98 Å². The fraction of sp³-hybridized carbons (Fsp3) is 0.133. The largest absolute Gasteiger partial charge is 0.497 e. The molecule has 3 aromatic rings. The highest BCUT2D eigenvalue weighted by Gasteiger charge is 2.15. The minimum atomic E-state index is -0.182. The van der Waals surface area contributed by atoms with E-state index in [0.717, 1.165) is 20.8 Å².